The molecule has 0 bridgehead atoms. The molecular weight excluding hydrogens is 445 g/mol. The molecule has 30 heavy (non-hydrogen) atoms. The first-order chi connectivity index (χ1) is 14.1. The van der Waals surface area contributed by atoms with Gasteiger partial charge in [-0.25, -0.2) is 4.98 Å². The smallest absolute Gasteiger partial charge is 0.416 e. The Hall–Kier alpha value is -2.40. The molecule has 0 atom stereocenters. The summed E-state index contributed by atoms with van der Waals surface area (Å²) in [7, 11) is 0. The summed E-state index contributed by atoms with van der Waals surface area (Å²) in [4.78, 5) is 16.8. The van der Waals surface area contributed by atoms with Crippen molar-refractivity contribution >= 4 is 44.2 Å². The summed E-state index contributed by atoms with van der Waals surface area (Å²) in [6.45, 7) is 1.07. The molecule has 0 saturated heterocycles. The van der Waals surface area contributed by atoms with Crippen LogP contribution < -0.4 is 5.32 Å². The highest BCUT2D eigenvalue weighted by Crippen LogP contribution is 2.37. The van der Waals surface area contributed by atoms with Gasteiger partial charge in [0.05, 0.1) is 41.2 Å². The van der Waals surface area contributed by atoms with E-state index < -0.39 is 17.6 Å². The van der Waals surface area contributed by atoms with Crippen LogP contribution in [-0.4, -0.2) is 34.3 Å². The molecule has 6 nitrogen and oxygen atoms in total. The van der Waals surface area contributed by atoms with Crippen LogP contribution in [0.3, 0.4) is 0 Å². The fraction of sp³-hybridized carbons (Fsp3) is 0.263. The number of aromatic nitrogens is 1. The van der Waals surface area contributed by atoms with Crippen LogP contribution in [0.25, 0.3) is 10.2 Å². The number of ether oxygens (including phenoxy) is 1. The second-order valence-electron chi connectivity index (χ2n) is 6.35. The molecule has 0 aliphatic rings. The summed E-state index contributed by atoms with van der Waals surface area (Å²) in [5.41, 5.74) is -0.140. The lowest BCUT2D eigenvalue weighted by Crippen LogP contribution is -2.12. The number of aliphatic hydroxyl groups excluding tert-OH is 1. The summed E-state index contributed by atoms with van der Waals surface area (Å²) in [5, 5.41) is 21.7. The first kappa shape index (κ1) is 22.3. The number of thiazole rings is 1. The number of aliphatic hydroxyl groups is 1. The molecule has 0 aliphatic carbocycles. The molecule has 1 amide bonds. The van der Waals surface area contributed by atoms with Crippen LogP contribution in [0.2, 0.25) is 5.02 Å². The van der Waals surface area contributed by atoms with Crippen LogP contribution in [0.1, 0.15) is 27.0 Å². The number of alkyl halides is 3. The number of nitrogens with one attached hydrogen (secondary N) is 1. The molecule has 0 aliphatic heterocycles. The van der Waals surface area contributed by atoms with Crippen molar-refractivity contribution in [1.29, 1.82) is 0 Å². The Morgan fingerprint density at radius 2 is 2.03 bits per heavy atom. The number of fused-ring (bicyclic) bond motifs is 1. The molecule has 3 rings (SSSR count). The van der Waals surface area contributed by atoms with Crippen molar-refractivity contribution in [2.45, 2.75) is 19.7 Å². The van der Waals surface area contributed by atoms with E-state index in [2.05, 4.69) is 10.3 Å². The van der Waals surface area contributed by atoms with Crippen molar-refractivity contribution in [3.63, 3.8) is 0 Å². The molecule has 3 N–H and O–H groups in total. The highest BCUT2D eigenvalue weighted by Gasteiger charge is 2.32. The SMILES string of the molecule is Cc1cc(Cl)cc(C(=O)Nc2nc3c(COCCO)cc(C(F)(F)F)cc3s2)c1O. The Morgan fingerprint density at radius 3 is 2.70 bits per heavy atom. The molecule has 0 fully saturated rings. The Balaban J connectivity index is 1.97. The number of rotatable bonds is 6. The van der Waals surface area contributed by atoms with Crippen molar-refractivity contribution in [3.8, 4) is 5.75 Å². The number of aromatic hydroxyl groups is 1. The fourth-order valence-electron chi connectivity index (χ4n) is 2.75. The zero-order valence-electron chi connectivity index (χ0n) is 15.5. The lowest BCUT2D eigenvalue weighted by atomic mass is 10.1. The lowest BCUT2D eigenvalue weighted by molar-refractivity contribution is -0.137. The Kier molecular flexibility index (Phi) is 6.51. The molecule has 11 heteroatoms. The highest BCUT2D eigenvalue weighted by atomic mass is 35.5. The number of aryl methyl sites for hydroxylation is 1. The van der Waals surface area contributed by atoms with E-state index in [-0.39, 0.29) is 57.1 Å². The highest BCUT2D eigenvalue weighted by molar-refractivity contribution is 7.22. The summed E-state index contributed by atoms with van der Waals surface area (Å²) in [6, 6.07) is 4.64. The fourth-order valence-corrected chi connectivity index (χ4v) is 3.97. The van der Waals surface area contributed by atoms with Gasteiger partial charge in [0.15, 0.2) is 5.13 Å². The quantitative estimate of drug-likeness (QED) is 0.462. The van der Waals surface area contributed by atoms with Gasteiger partial charge in [-0.3, -0.25) is 10.1 Å². The predicted octanol–water partition coefficient (Wildman–Crippen LogP) is 4.74. The van der Waals surface area contributed by atoms with Crippen molar-refractivity contribution in [2.75, 3.05) is 18.5 Å². The summed E-state index contributed by atoms with van der Waals surface area (Å²) in [5.74, 6) is -0.957. The van der Waals surface area contributed by atoms with E-state index in [1.165, 1.54) is 12.1 Å². The molecular formula is C19H16ClF3N2O4S. The van der Waals surface area contributed by atoms with Crippen LogP contribution in [0.15, 0.2) is 24.3 Å². The topological polar surface area (TPSA) is 91.7 Å². The minimum absolute atomic E-state index is 0.0428. The standard InChI is InChI=1S/C19H16ClF3N2O4S/c1-9-4-12(20)7-13(16(9)27)17(28)25-18-24-15-10(8-29-3-2-26)5-11(19(21,22)23)6-14(15)30-18/h4-7,26-27H,2-3,8H2,1H3,(H,24,25,28). The number of amides is 1. The zero-order valence-corrected chi connectivity index (χ0v) is 17.1. The maximum Gasteiger partial charge on any atom is 0.416 e. The first-order valence-corrected chi connectivity index (χ1v) is 9.79. The van der Waals surface area contributed by atoms with Gasteiger partial charge in [-0.15, -0.1) is 0 Å². The second kappa shape index (κ2) is 8.76. The van der Waals surface area contributed by atoms with Gasteiger partial charge in [-0.05, 0) is 36.8 Å². The molecule has 3 aromatic rings. The van der Waals surface area contributed by atoms with Crippen LogP contribution >= 0.6 is 22.9 Å². The third kappa shape index (κ3) is 4.84. The largest absolute Gasteiger partial charge is 0.507 e. The van der Waals surface area contributed by atoms with Crippen molar-refractivity contribution in [2.24, 2.45) is 0 Å². The molecule has 0 spiro atoms. The van der Waals surface area contributed by atoms with Gasteiger partial charge in [-0.2, -0.15) is 13.2 Å². The number of halogens is 4. The number of anilines is 1. The van der Waals surface area contributed by atoms with Crippen LogP contribution in [0.5, 0.6) is 5.75 Å². The Morgan fingerprint density at radius 1 is 1.30 bits per heavy atom. The van der Waals surface area contributed by atoms with Gasteiger partial charge in [0.25, 0.3) is 5.91 Å². The molecule has 0 saturated carbocycles. The van der Waals surface area contributed by atoms with E-state index >= 15 is 0 Å². The maximum absolute atomic E-state index is 13.2. The number of nitrogens with zero attached hydrogens (tertiary/aromatic N) is 1. The number of hydrogen-bond donors (Lipinski definition) is 3. The number of carbonyl (C=O) groups is 1. The van der Waals surface area contributed by atoms with Gasteiger partial charge in [0.2, 0.25) is 0 Å². The van der Waals surface area contributed by atoms with Crippen molar-refractivity contribution < 1.29 is 32.9 Å². The van der Waals surface area contributed by atoms with Crippen molar-refractivity contribution in [3.05, 3.63) is 51.5 Å². The van der Waals surface area contributed by atoms with E-state index in [4.69, 9.17) is 21.4 Å². The molecule has 0 radical (unpaired) electrons. The lowest BCUT2D eigenvalue weighted by Gasteiger charge is -2.10. The minimum atomic E-state index is -4.57. The number of phenols is 1. The van der Waals surface area contributed by atoms with E-state index in [0.29, 0.717) is 5.56 Å². The molecule has 1 heterocycles. The molecule has 0 unspecified atom stereocenters. The minimum Gasteiger partial charge on any atom is -0.507 e. The molecule has 160 valence electrons. The number of phenolic OH excluding ortho intramolecular Hbond substituents is 1. The number of hydrogen-bond acceptors (Lipinski definition) is 6. The molecule has 2 aromatic carbocycles. The van der Waals surface area contributed by atoms with Crippen LogP contribution in [-0.2, 0) is 17.5 Å². The van der Waals surface area contributed by atoms with Gasteiger partial charge in [0, 0.05) is 10.6 Å². The average molecular weight is 461 g/mol. The van der Waals surface area contributed by atoms with Gasteiger partial charge in [0.1, 0.15) is 5.75 Å². The van der Waals surface area contributed by atoms with E-state index in [9.17, 15) is 23.1 Å². The van der Waals surface area contributed by atoms with E-state index in [1.807, 2.05) is 0 Å². The van der Waals surface area contributed by atoms with Crippen LogP contribution in [0.4, 0.5) is 18.3 Å². The van der Waals surface area contributed by atoms with Crippen molar-refractivity contribution in [1.82, 2.24) is 4.98 Å². The Labute approximate surface area is 177 Å². The third-order valence-electron chi connectivity index (χ3n) is 4.12. The first-order valence-electron chi connectivity index (χ1n) is 8.60. The summed E-state index contributed by atoms with van der Waals surface area (Å²) in [6.07, 6.45) is -4.57. The number of carbonyl (C=O) groups excluding carboxylic acids is 1. The van der Waals surface area contributed by atoms with Gasteiger partial charge < -0.3 is 14.9 Å². The van der Waals surface area contributed by atoms with Gasteiger partial charge in [-0.1, -0.05) is 22.9 Å². The van der Waals surface area contributed by atoms with Crippen LogP contribution in [0, 0.1) is 6.92 Å². The average Bonchev–Trinajstić information content (AvgIpc) is 3.06. The summed E-state index contributed by atoms with van der Waals surface area (Å²) >= 11 is 6.79. The predicted molar refractivity (Wildman–Crippen MR) is 107 cm³/mol. The van der Waals surface area contributed by atoms with E-state index in [0.717, 1.165) is 23.5 Å². The second-order valence-corrected chi connectivity index (χ2v) is 7.82. The molecule has 1 aromatic heterocycles. The normalized spacial score (nSPS) is 11.8. The number of benzene rings is 2. The third-order valence-corrected chi connectivity index (χ3v) is 5.26. The van der Waals surface area contributed by atoms with Gasteiger partial charge >= 0.3 is 6.18 Å². The van der Waals surface area contributed by atoms with E-state index in [1.54, 1.807) is 6.92 Å². The Bertz CT molecular complexity index is 1100. The summed E-state index contributed by atoms with van der Waals surface area (Å²) < 4.78 is 45.1. The maximum atomic E-state index is 13.2. The monoisotopic (exact) mass is 460 g/mol. The zero-order chi connectivity index (χ0) is 22.1.